The van der Waals surface area contributed by atoms with Gasteiger partial charge in [0, 0.05) is 28.0 Å². The lowest BCUT2D eigenvalue weighted by atomic mass is 10.1. The lowest BCUT2D eigenvalue weighted by Crippen LogP contribution is -2.15. The van der Waals surface area contributed by atoms with Gasteiger partial charge in [-0.3, -0.25) is 4.79 Å². The van der Waals surface area contributed by atoms with Crippen molar-refractivity contribution in [3.63, 3.8) is 0 Å². The first-order valence-corrected chi connectivity index (χ1v) is 9.22. The number of carbonyl (C=O) groups excluding carboxylic acids is 2. The van der Waals surface area contributed by atoms with Gasteiger partial charge in [-0.15, -0.1) is 11.3 Å². The van der Waals surface area contributed by atoms with E-state index in [-0.39, 0.29) is 23.1 Å². The largest absolute Gasteiger partial charge is 0.454 e. The molecule has 3 aromatic rings. The maximum Gasteiger partial charge on any atom is 0.340 e. The van der Waals surface area contributed by atoms with Crippen LogP contribution >= 0.6 is 22.9 Å². The molecule has 7 heteroatoms. The molecule has 0 unspecified atom stereocenters. The number of aryl methyl sites for hydroxylation is 1. The first-order valence-electron chi connectivity index (χ1n) is 7.96. The quantitative estimate of drug-likeness (QED) is 0.359. The summed E-state index contributed by atoms with van der Waals surface area (Å²) in [5.74, 6) is -0.833. The first-order chi connectivity index (χ1) is 12.5. The number of Topliss-reactive ketones (excluding diaryl/α,β-unsaturated/α-hetero) is 1. The second kappa shape index (κ2) is 7.85. The Kier molecular flexibility index (Phi) is 5.54. The SMILES string of the molecule is Cc1cc(C(=O)COC(=O)c2ccc(Cl)nc2)c(C)n1Cc1cccs1. The zero-order chi connectivity index (χ0) is 18.7. The molecule has 0 fully saturated rings. The van der Waals surface area contributed by atoms with Crippen molar-refractivity contribution in [1.29, 1.82) is 0 Å². The van der Waals surface area contributed by atoms with Crippen LogP contribution < -0.4 is 0 Å². The summed E-state index contributed by atoms with van der Waals surface area (Å²) >= 11 is 7.37. The fourth-order valence-corrected chi connectivity index (χ4v) is 3.48. The molecule has 0 aliphatic rings. The van der Waals surface area contributed by atoms with Crippen molar-refractivity contribution in [2.45, 2.75) is 20.4 Å². The van der Waals surface area contributed by atoms with E-state index in [1.165, 1.54) is 23.2 Å². The molecule has 0 aliphatic carbocycles. The second-order valence-electron chi connectivity index (χ2n) is 5.82. The van der Waals surface area contributed by atoms with E-state index >= 15 is 0 Å². The van der Waals surface area contributed by atoms with Gasteiger partial charge in [0.2, 0.25) is 5.78 Å². The highest BCUT2D eigenvalue weighted by Crippen LogP contribution is 2.20. The first kappa shape index (κ1) is 18.4. The van der Waals surface area contributed by atoms with Crippen molar-refractivity contribution < 1.29 is 14.3 Å². The molecule has 0 radical (unpaired) electrons. The van der Waals surface area contributed by atoms with Crippen LogP contribution in [0.25, 0.3) is 0 Å². The van der Waals surface area contributed by atoms with Crippen LogP contribution in [0.4, 0.5) is 0 Å². The lowest BCUT2D eigenvalue weighted by Gasteiger charge is -2.08. The van der Waals surface area contributed by atoms with E-state index in [1.807, 2.05) is 31.4 Å². The normalized spacial score (nSPS) is 10.7. The molecule has 0 bridgehead atoms. The summed E-state index contributed by atoms with van der Waals surface area (Å²) in [6.45, 7) is 4.27. The minimum absolute atomic E-state index is 0.231. The van der Waals surface area contributed by atoms with E-state index in [0.29, 0.717) is 5.56 Å². The molecule has 0 saturated carbocycles. The standard InChI is InChI=1S/C19H17ClN2O3S/c1-12-8-16(13(2)22(12)10-15-4-3-7-26-15)17(23)11-25-19(24)14-5-6-18(20)21-9-14/h3-9H,10-11H2,1-2H3. The third kappa shape index (κ3) is 4.03. The lowest BCUT2D eigenvalue weighted by molar-refractivity contribution is 0.0474. The van der Waals surface area contributed by atoms with Gasteiger partial charge in [0.05, 0.1) is 12.1 Å². The maximum absolute atomic E-state index is 12.5. The van der Waals surface area contributed by atoms with Crippen molar-refractivity contribution >= 4 is 34.7 Å². The van der Waals surface area contributed by atoms with Crippen LogP contribution in [0.15, 0.2) is 41.9 Å². The fourth-order valence-electron chi connectivity index (χ4n) is 2.67. The van der Waals surface area contributed by atoms with Gasteiger partial charge < -0.3 is 9.30 Å². The van der Waals surface area contributed by atoms with Crippen LogP contribution in [0.5, 0.6) is 0 Å². The highest BCUT2D eigenvalue weighted by molar-refractivity contribution is 7.09. The topological polar surface area (TPSA) is 61.2 Å². The van der Waals surface area contributed by atoms with E-state index in [0.717, 1.165) is 17.9 Å². The summed E-state index contributed by atoms with van der Waals surface area (Å²) in [5.41, 5.74) is 2.68. The Morgan fingerprint density at radius 3 is 2.73 bits per heavy atom. The van der Waals surface area contributed by atoms with Crippen LogP contribution in [-0.2, 0) is 11.3 Å². The zero-order valence-electron chi connectivity index (χ0n) is 14.4. The molecule has 0 spiro atoms. The Bertz CT molecular complexity index is 931. The number of esters is 1. The molecule has 134 valence electrons. The third-order valence-electron chi connectivity index (χ3n) is 4.07. The Labute approximate surface area is 160 Å². The molecule has 0 atom stereocenters. The minimum atomic E-state index is -0.602. The Hall–Kier alpha value is -2.44. The monoisotopic (exact) mass is 388 g/mol. The Morgan fingerprint density at radius 1 is 1.27 bits per heavy atom. The number of aromatic nitrogens is 2. The number of halogens is 1. The van der Waals surface area contributed by atoms with Gasteiger partial charge in [-0.25, -0.2) is 9.78 Å². The number of thiophene rings is 1. The summed E-state index contributed by atoms with van der Waals surface area (Å²) in [6.07, 6.45) is 1.32. The van der Waals surface area contributed by atoms with Gasteiger partial charge in [-0.05, 0) is 43.5 Å². The predicted octanol–water partition coefficient (Wildman–Crippen LogP) is 4.30. The third-order valence-corrected chi connectivity index (χ3v) is 5.15. The molecule has 0 amide bonds. The number of ketones is 1. The van der Waals surface area contributed by atoms with Crippen molar-refractivity contribution in [2.75, 3.05) is 6.61 Å². The van der Waals surface area contributed by atoms with Crippen molar-refractivity contribution in [3.05, 3.63) is 74.5 Å². The molecule has 3 heterocycles. The second-order valence-corrected chi connectivity index (χ2v) is 7.24. The molecule has 5 nitrogen and oxygen atoms in total. The summed E-state index contributed by atoms with van der Waals surface area (Å²) in [6, 6.07) is 8.91. The van der Waals surface area contributed by atoms with E-state index in [4.69, 9.17) is 16.3 Å². The molecule has 0 aromatic carbocycles. The Morgan fingerprint density at radius 2 is 2.08 bits per heavy atom. The minimum Gasteiger partial charge on any atom is -0.454 e. The summed E-state index contributed by atoms with van der Waals surface area (Å²) in [4.78, 5) is 29.5. The number of pyridine rings is 1. The number of rotatable bonds is 6. The van der Waals surface area contributed by atoms with Gasteiger partial charge in [0.1, 0.15) is 5.15 Å². The average Bonchev–Trinajstić information content (AvgIpc) is 3.24. The highest BCUT2D eigenvalue weighted by atomic mass is 35.5. The summed E-state index contributed by atoms with van der Waals surface area (Å²) in [5, 5.41) is 2.32. The number of hydrogen-bond donors (Lipinski definition) is 0. The van der Waals surface area contributed by atoms with Gasteiger partial charge >= 0.3 is 5.97 Å². The van der Waals surface area contributed by atoms with Gasteiger partial charge in [-0.1, -0.05) is 17.7 Å². The Balaban J connectivity index is 1.68. The highest BCUT2D eigenvalue weighted by Gasteiger charge is 2.18. The average molecular weight is 389 g/mol. The molecule has 3 rings (SSSR count). The number of ether oxygens (including phenoxy) is 1. The van der Waals surface area contributed by atoms with Gasteiger partial charge in [0.25, 0.3) is 0 Å². The maximum atomic E-state index is 12.5. The van der Waals surface area contributed by atoms with E-state index < -0.39 is 5.97 Å². The number of hydrogen-bond acceptors (Lipinski definition) is 5. The molecular formula is C19H17ClN2O3S. The van der Waals surface area contributed by atoms with Crippen LogP contribution in [-0.4, -0.2) is 27.9 Å². The molecule has 0 N–H and O–H groups in total. The molecule has 0 aliphatic heterocycles. The smallest absolute Gasteiger partial charge is 0.340 e. The van der Waals surface area contributed by atoms with Crippen LogP contribution in [0, 0.1) is 13.8 Å². The van der Waals surface area contributed by atoms with Gasteiger partial charge in [0.15, 0.2) is 6.61 Å². The van der Waals surface area contributed by atoms with E-state index in [9.17, 15) is 9.59 Å². The molecule has 3 aromatic heterocycles. The predicted molar refractivity (Wildman–Crippen MR) is 101 cm³/mol. The van der Waals surface area contributed by atoms with Crippen molar-refractivity contribution in [2.24, 2.45) is 0 Å². The van der Waals surface area contributed by atoms with Crippen LogP contribution in [0.2, 0.25) is 5.15 Å². The van der Waals surface area contributed by atoms with Crippen LogP contribution in [0.1, 0.15) is 37.0 Å². The summed E-state index contributed by atoms with van der Waals surface area (Å²) < 4.78 is 7.20. The van der Waals surface area contributed by atoms with Crippen molar-refractivity contribution in [3.8, 4) is 0 Å². The molecule has 0 saturated heterocycles. The number of nitrogens with zero attached hydrogens (tertiary/aromatic N) is 2. The van der Waals surface area contributed by atoms with Crippen LogP contribution in [0.3, 0.4) is 0 Å². The van der Waals surface area contributed by atoms with E-state index in [2.05, 4.69) is 15.6 Å². The van der Waals surface area contributed by atoms with Crippen molar-refractivity contribution in [1.82, 2.24) is 9.55 Å². The summed E-state index contributed by atoms with van der Waals surface area (Å²) in [7, 11) is 0. The molecular weight excluding hydrogens is 372 g/mol. The van der Waals surface area contributed by atoms with Gasteiger partial charge in [-0.2, -0.15) is 0 Å². The fraction of sp³-hybridized carbons (Fsp3) is 0.211. The number of carbonyl (C=O) groups is 2. The molecule has 26 heavy (non-hydrogen) atoms. The van der Waals surface area contributed by atoms with E-state index in [1.54, 1.807) is 11.3 Å². The zero-order valence-corrected chi connectivity index (χ0v) is 15.9.